The standard InChI is InChI=1S/C21H28F2N2O/c1-7-16(11-12-21(4,5)15(3)26)14(2)13-19(25-24-6)20-17(22)9-8-10-18(20)23/h8-10,13,16H,2,7,11-12H2,1,3-6H3/b19-13-,25-24?/t16-/m1/s1. The lowest BCUT2D eigenvalue weighted by molar-refractivity contribution is -0.125. The molecule has 0 fully saturated rings. The molecule has 0 amide bonds. The molecule has 26 heavy (non-hydrogen) atoms. The summed E-state index contributed by atoms with van der Waals surface area (Å²) in [5.41, 5.74) is 0.216. The van der Waals surface area contributed by atoms with Gasteiger partial charge in [-0.15, -0.1) is 0 Å². The van der Waals surface area contributed by atoms with Crippen molar-refractivity contribution in [1.29, 1.82) is 0 Å². The van der Waals surface area contributed by atoms with Gasteiger partial charge in [-0.1, -0.05) is 33.4 Å². The Morgan fingerprint density at radius 2 is 1.88 bits per heavy atom. The van der Waals surface area contributed by atoms with Gasteiger partial charge < -0.3 is 0 Å². The summed E-state index contributed by atoms with van der Waals surface area (Å²) in [6, 6.07) is 3.68. The zero-order valence-electron chi connectivity index (χ0n) is 16.3. The molecular formula is C21H28F2N2O. The molecule has 5 heteroatoms. The number of rotatable bonds is 9. The first kappa shape index (κ1) is 21.9. The van der Waals surface area contributed by atoms with E-state index in [4.69, 9.17) is 0 Å². The third-order valence-electron chi connectivity index (χ3n) is 4.84. The maximum atomic E-state index is 14.1. The van der Waals surface area contributed by atoms with Crippen LogP contribution in [0.3, 0.4) is 0 Å². The van der Waals surface area contributed by atoms with E-state index < -0.39 is 17.0 Å². The molecule has 0 spiro atoms. The lowest BCUT2D eigenvalue weighted by atomic mass is 9.79. The van der Waals surface area contributed by atoms with Crippen molar-refractivity contribution in [2.75, 3.05) is 7.05 Å². The molecule has 0 aliphatic carbocycles. The Balaban J connectivity index is 3.11. The Hall–Kier alpha value is -2.17. The van der Waals surface area contributed by atoms with Crippen LogP contribution in [0.5, 0.6) is 0 Å². The van der Waals surface area contributed by atoms with Crippen molar-refractivity contribution in [2.24, 2.45) is 21.6 Å². The van der Waals surface area contributed by atoms with Crippen molar-refractivity contribution in [3.8, 4) is 0 Å². The van der Waals surface area contributed by atoms with E-state index in [1.807, 2.05) is 20.8 Å². The summed E-state index contributed by atoms with van der Waals surface area (Å²) in [5, 5.41) is 7.58. The van der Waals surface area contributed by atoms with Crippen LogP contribution in [0, 0.1) is 23.0 Å². The fraction of sp³-hybridized carbons (Fsp3) is 0.476. The number of hydrogen-bond acceptors (Lipinski definition) is 3. The van der Waals surface area contributed by atoms with Crippen LogP contribution in [0.25, 0.3) is 5.70 Å². The number of halogens is 2. The second kappa shape index (κ2) is 9.51. The maximum absolute atomic E-state index is 14.1. The molecule has 0 N–H and O–H groups in total. The van der Waals surface area contributed by atoms with Gasteiger partial charge in [0.1, 0.15) is 17.4 Å². The molecule has 1 atom stereocenters. The molecule has 142 valence electrons. The molecule has 0 aromatic heterocycles. The van der Waals surface area contributed by atoms with Crippen LogP contribution in [0.4, 0.5) is 8.78 Å². The van der Waals surface area contributed by atoms with Gasteiger partial charge >= 0.3 is 0 Å². The van der Waals surface area contributed by atoms with Crippen LogP contribution in [-0.2, 0) is 4.79 Å². The zero-order valence-corrected chi connectivity index (χ0v) is 16.3. The van der Waals surface area contributed by atoms with Crippen LogP contribution in [0.2, 0.25) is 0 Å². The van der Waals surface area contributed by atoms with Gasteiger partial charge in [-0.05, 0) is 55.9 Å². The van der Waals surface area contributed by atoms with Gasteiger partial charge in [0.2, 0.25) is 0 Å². The summed E-state index contributed by atoms with van der Waals surface area (Å²) in [7, 11) is 1.45. The number of azo groups is 1. The minimum atomic E-state index is -0.692. The molecule has 1 aromatic carbocycles. The van der Waals surface area contributed by atoms with E-state index in [-0.39, 0.29) is 23.0 Å². The van der Waals surface area contributed by atoms with E-state index >= 15 is 0 Å². The predicted molar refractivity (Wildman–Crippen MR) is 102 cm³/mol. The summed E-state index contributed by atoms with van der Waals surface area (Å²) in [6.45, 7) is 11.5. The first-order valence-electron chi connectivity index (χ1n) is 8.79. The van der Waals surface area contributed by atoms with Crippen LogP contribution in [0.15, 0.2) is 46.7 Å². The summed E-state index contributed by atoms with van der Waals surface area (Å²) < 4.78 is 28.2. The van der Waals surface area contributed by atoms with Crippen molar-refractivity contribution in [2.45, 2.75) is 47.0 Å². The van der Waals surface area contributed by atoms with Crippen molar-refractivity contribution < 1.29 is 13.6 Å². The van der Waals surface area contributed by atoms with E-state index in [0.29, 0.717) is 6.42 Å². The number of Topliss-reactive ketones (excluding diaryl/α,β-unsaturated/α-hetero) is 1. The summed E-state index contributed by atoms with van der Waals surface area (Å²) in [5.74, 6) is -1.16. The molecule has 0 aliphatic rings. The van der Waals surface area contributed by atoms with Crippen LogP contribution in [0.1, 0.15) is 52.5 Å². The summed E-state index contributed by atoms with van der Waals surface area (Å²) in [4.78, 5) is 11.7. The molecule has 0 aliphatic heterocycles. The molecule has 1 rings (SSSR count). The van der Waals surface area contributed by atoms with Gasteiger partial charge in [0.05, 0.1) is 11.3 Å². The number of benzene rings is 1. The molecule has 0 radical (unpaired) electrons. The fourth-order valence-electron chi connectivity index (χ4n) is 2.66. The van der Waals surface area contributed by atoms with Gasteiger partial charge in [-0.3, -0.25) is 4.79 Å². The predicted octanol–water partition coefficient (Wildman–Crippen LogP) is 6.37. The molecule has 3 nitrogen and oxygen atoms in total. The van der Waals surface area contributed by atoms with Crippen molar-refractivity contribution in [1.82, 2.24) is 0 Å². The number of nitrogens with zero attached hydrogens (tertiary/aromatic N) is 2. The monoisotopic (exact) mass is 362 g/mol. The largest absolute Gasteiger partial charge is 0.299 e. The van der Waals surface area contributed by atoms with Gasteiger partial charge in [-0.25, -0.2) is 8.78 Å². The number of hydrogen-bond donors (Lipinski definition) is 0. The average Bonchev–Trinajstić information content (AvgIpc) is 2.55. The number of carbonyl (C=O) groups is 1. The van der Waals surface area contributed by atoms with Crippen molar-refractivity contribution in [3.63, 3.8) is 0 Å². The topological polar surface area (TPSA) is 41.8 Å². The van der Waals surface area contributed by atoms with Crippen LogP contribution < -0.4 is 0 Å². The highest BCUT2D eigenvalue weighted by Crippen LogP contribution is 2.32. The van der Waals surface area contributed by atoms with Crippen molar-refractivity contribution >= 4 is 11.5 Å². The molecule has 0 saturated heterocycles. The van der Waals surface area contributed by atoms with E-state index in [1.165, 1.54) is 25.2 Å². The van der Waals surface area contributed by atoms with E-state index in [9.17, 15) is 13.6 Å². The SMILES string of the molecule is C=C(/C=C(\N=NC)c1c(F)cccc1F)[C@H](CC)CCC(C)(C)C(C)=O. The molecule has 0 unspecified atom stereocenters. The molecule has 0 heterocycles. The quantitative estimate of drug-likeness (QED) is 0.372. The molecule has 0 bridgehead atoms. The minimum absolute atomic E-state index is 0.0884. The number of carbonyl (C=O) groups excluding carboxylic acids is 1. The van der Waals surface area contributed by atoms with Crippen LogP contribution >= 0.6 is 0 Å². The van der Waals surface area contributed by atoms with Crippen LogP contribution in [-0.4, -0.2) is 12.8 Å². The minimum Gasteiger partial charge on any atom is -0.299 e. The Bertz CT molecular complexity index is 700. The number of allylic oxidation sites excluding steroid dienone is 2. The lowest BCUT2D eigenvalue weighted by Gasteiger charge is -2.24. The fourth-order valence-corrected chi connectivity index (χ4v) is 2.66. The number of ketones is 1. The first-order chi connectivity index (χ1) is 12.1. The maximum Gasteiger partial charge on any atom is 0.135 e. The second-order valence-corrected chi connectivity index (χ2v) is 7.09. The highest BCUT2D eigenvalue weighted by atomic mass is 19.1. The Morgan fingerprint density at radius 1 is 1.31 bits per heavy atom. The van der Waals surface area contributed by atoms with Gasteiger partial charge in [0.15, 0.2) is 0 Å². The van der Waals surface area contributed by atoms with E-state index in [2.05, 4.69) is 16.8 Å². The van der Waals surface area contributed by atoms with E-state index in [0.717, 1.165) is 18.4 Å². The Kier molecular flexibility index (Phi) is 8.00. The Morgan fingerprint density at radius 3 is 2.35 bits per heavy atom. The molecular weight excluding hydrogens is 334 g/mol. The van der Waals surface area contributed by atoms with E-state index in [1.54, 1.807) is 13.0 Å². The third kappa shape index (κ3) is 5.68. The molecule has 0 saturated carbocycles. The second-order valence-electron chi connectivity index (χ2n) is 7.09. The molecule has 1 aromatic rings. The smallest absolute Gasteiger partial charge is 0.135 e. The zero-order chi connectivity index (χ0) is 19.9. The first-order valence-corrected chi connectivity index (χ1v) is 8.79. The van der Waals surface area contributed by atoms with Gasteiger partial charge in [0, 0.05) is 12.5 Å². The normalized spacial score (nSPS) is 13.9. The van der Waals surface area contributed by atoms with Gasteiger partial charge in [0.25, 0.3) is 0 Å². The summed E-state index contributed by atoms with van der Waals surface area (Å²) in [6.07, 6.45) is 3.87. The highest BCUT2D eigenvalue weighted by molar-refractivity contribution is 5.81. The third-order valence-corrected chi connectivity index (χ3v) is 4.84. The summed E-state index contributed by atoms with van der Waals surface area (Å²) >= 11 is 0. The van der Waals surface area contributed by atoms with Gasteiger partial charge in [-0.2, -0.15) is 10.2 Å². The highest BCUT2D eigenvalue weighted by Gasteiger charge is 2.25. The van der Waals surface area contributed by atoms with Crippen molar-refractivity contribution in [3.05, 3.63) is 53.6 Å². The Labute approximate surface area is 154 Å². The lowest BCUT2D eigenvalue weighted by Crippen LogP contribution is -2.22. The average molecular weight is 362 g/mol.